The second-order valence-electron chi connectivity index (χ2n) is 3.19. The molecule has 2 N–H and O–H groups in total. The van der Waals surface area contributed by atoms with Crippen molar-refractivity contribution in [2.75, 3.05) is 11.9 Å². The van der Waals surface area contributed by atoms with E-state index in [1.54, 1.807) is 0 Å². The molecule has 0 saturated heterocycles. The van der Waals surface area contributed by atoms with Crippen molar-refractivity contribution in [3.05, 3.63) is 41.0 Å². The predicted molar refractivity (Wildman–Crippen MR) is 64.8 cm³/mol. The highest BCUT2D eigenvalue weighted by molar-refractivity contribution is 6.99. The number of anilines is 1. The lowest BCUT2D eigenvalue weighted by Crippen LogP contribution is -2.15. The Morgan fingerprint density at radius 2 is 2.06 bits per heavy atom. The number of hydrogen-bond donors (Lipinski definition) is 2. The minimum absolute atomic E-state index is 0.0299. The summed E-state index contributed by atoms with van der Waals surface area (Å²) in [5.74, 6) is 0.509. The van der Waals surface area contributed by atoms with Gasteiger partial charge in [0.15, 0.2) is 11.0 Å². The van der Waals surface area contributed by atoms with Gasteiger partial charge < -0.3 is 10.4 Å². The molecule has 6 heteroatoms. The first kappa shape index (κ1) is 11.3. The third-order valence-corrected chi connectivity index (χ3v) is 3.04. The van der Waals surface area contributed by atoms with Crippen molar-refractivity contribution in [1.29, 1.82) is 0 Å². The molecule has 0 bridgehead atoms. The van der Waals surface area contributed by atoms with Crippen molar-refractivity contribution in [3.63, 3.8) is 0 Å². The number of benzene rings is 1. The first-order chi connectivity index (χ1) is 7.81. The van der Waals surface area contributed by atoms with E-state index in [1.807, 2.05) is 30.3 Å². The van der Waals surface area contributed by atoms with Crippen molar-refractivity contribution in [1.82, 2.24) is 8.75 Å². The highest BCUT2D eigenvalue weighted by Crippen LogP contribution is 2.23. The molecule has 2 rings (SSSR count). The quantitative estimate of drug-likeness (QED) is 0.881. The van der Waals surface area contributed by atoms with Crippen LogP contribution in [0, 0.1) is 0 Å². The van der Waals surface area contributed by atoms with Gasteiger partial charge in [-0.05, 0) is 5.56 Å². The van der Waals surface area contributed by atoms with Crippen molar-refractivity contribution >= 4 is 29.1 Å². The van der Waals surface area contributed by atoms with Gasteiger partial charge >= 0.3 is 0 Å². The normalized spacial score (nSPS) is 12.4. The number of aliphatic hydroxyl groups excluding tert-OH is 1. The van der Waals surface area contributed by atoms with Crippen LogP contribution in [0.25, 0.3) is 0 Å². The maximum Gasteiger partial charge on any atom is 0.186 e. The summed E-state index contributed by atoms with van der Waals surface area (Å²) < 4.78 is 7.85. The fourth-order valence-corrected chi connectivity index (χ4v) is 2.01. The van der Waals surface area contributed by atoms with Gasteiger partial charge in [0.05, 0.1) is 24.4 Å². The summed E-state index contributed by atoms with van der Waals surface area (Å²) in [5, 5.41) is 12.7. The van der Waals surface area contributed by atoms with Gasteiger partial charge in [0, 0.05) is 0 Å². The average Bonchev–Trinajstić information content (AvgIpc) is 2.73. The average molecular weight is 256 g/mol. The molecule has 0 amide bonds. The summed E-state index contributed by atoms with van der Waals surface area (Å²) in [6.07, 6.45) is 0. The number of aliphatic hydroxyl groups is 1. The number of rotatable bonds is 4. The zero-order valence-electron chi connectivity index (χ0n) is 8.30. The second-order valence-corrected chi connectivity index (χ2v) is 4.08. The highest BCUT2D eigenvalue weighted by Gasteiger charge is 2.13. The Morgan fingerprint density at radius 1 is 1.31 bits per heavy atom. The van der Waals surface area contributed by atoms with Crippen LogP contribution in [0.15, 0.2) is 30.3 Å². The van der Waals surface area contributed by atoms with E-state index in [0.717, 1.165) is 17.3 Å². The largest absolute Gasteiger partial charge is 0.394 e. The molecule has 1 heterocycles. The van der Waals surface area contributed by atoms with Crippen molar-refractivity contribution < 1.29 is 5.11 Å². The molecule has 0 fully saturated rings. The SMILES string of the molecule is OCC(Nc1nsnc1Cl)c1ccccc1. The van der Waals surface area contributed by atoms with Gasteiger partial charge in [0.1, 0.15) is 0 Å². The maximum atomic E-state index is 9.32. The third-order valence-electron chi connectivity index (χ3n) is 2.14. The molecule has 0 aliphatic carbocycles. The molecule has 1 atom stereocenters. The molecule has 0 spiro atoms. The fourth-order valence-electron chi connectivity index (χ4n) is 1.35. The summed E-state index contributed by atoms with van der Waals surface area (Å²) in [5.41, 5.74) is 0.981. The smallest absolute Gasteiger partial charge is 0.186 e. The van der Waals surface area contributed by atoms with Gasteiger partial charge in [-0.3, -0.25) is 0 Å². The van der Waals surface area contributed by atoms with Gasteiger partial charge in [0.2, 0.25) is 0 Å². The Morgan fingerprint density at radius 3 is 2.62 bits per heavy atom. The molecule has 0 radical (unpaired) electrons. The molecule has 1 unspecified atom stereocenters. The molecule has 84 valence electrons. The number of nitrogens with one attached hydrogen (secondary N) is 1. The molecule has 1 aromatic heterocycles. The van der Waals surface area contributed by atoms with Crippen LogP contribution in [0.2, 0.25) is 5.15 Å². The molecule has 4 nitrogen and oxygen atoms in total. The highest BCUT2D eigenvalue weighted by atomic mass is 35.5. The number of halogens is 1. The van der Waals surface area contributed by atoms with Gasteiger partial charge in [-0.15, -0.1) is 0 Å². The summed E-state index contributed by atoms with van der Waals surface area (Å²) in [6, 6.07) is 9.40. The maximum absolute atomic E-state index is 9.32. The zero-order valence-corrected chi connectivity index (χ0v) is 9.87. The van der Waals surface area contributed by atoms with E-state index in [-0.39, 0.29) is 12.6 Å². The first-order valence-electron chi connectivity index (χ1n) is 4.71. The van der Waals surface area contributed by atoms with E-state index in [9.17, 15) is 5.11 Å². The third kappa shape index (κ3) is 2.49. The van der Waals surface area contributed by atoms with Crippen LogP contribution in [0.1, 0.15) is 11.6 Å². The lowest BCUT2D eigenvalue weighted by Gasteiger charge is -2.15. The minimum atomic E-state index is -0.220. The summed E-state index contributed by atoms with van der Waals surface area (Å²) >= 11 is 6.86. The van der Waals surface area contributed by atoms with E-state index in [2.05, 4.69) is 14.1 Å². The van der Waals surface area contributed by atoms with Crippen LogP contribution >= 0.6 is 23.3 Å². The van der Waals surface area contributed by atoms with Gasteiger partial charge in [-0.2, -0.15) is 8.75 Å². The second kappa shape index (κ2) is 5.25. The van der Waals surface area contributed by atoms with E-state index in [1.165, 1.54) is 0 Å². The number of aromatic nitrogens is 2. The van der Waals surface area contributed by atoms with Gasteiger partial charge in [-0.25, -0.2) is 0 Å². The number of nitrogens with zero attached hydrogens (tertiary/aromatic N) is 2. The molecule has 0 aliphatic heterocycles. The molecular weight excluding hydrogens is 246 g/mol. The van der Waals surface area contributed by atoms with E-state index in [4.69, 9.17) is 11.6 Å². The topological polar surface area (TPSA) is 58.0 Å². The summed E-state index contributed by atoms with van der Waals surface area (Å²) in [6.45, 7) is -0.0299. The molecular formula is C10H10ClN3OS. The monoisotopic (exact) mass is 255 g/mol. The first-order valence-corrected chi connectivity index (χ1v) is 5.82. The lowest BCUT2D eigenvalue weighted by molar-refractivity contribution is 0.276. The van der Waals surface area contributed by atoms with Crippen LogP contribution in [0.4, 0.5) is 5.82 Å². The summed E-state index contributed by atoms with van der Waals surface area (Å²) in [4.78, 5) is 0. The Labute approximate surface area is 102 Å². The van der Waals surface area contributed by atoms with E-state index < -0.39 is 0 Å². The predicted octanol–water partition coefficient (Wildman–Crippen LogP) is 2.34. The van der Waals surface area contributed by atoms with Crippen molar-refractivity contribution in [2.45, 2.75) is 6.04 Å². The number of hydrogen-bond acceptors (Lipinski definition) is 5. The van der Waals surface area contributed by atoms with E-state index in [0.29, 0.717) is 11.0 Å². The lowest BCUT2D eigenvalue weighted by atomic mass is 10.1. The van der Waals surface area contributed by atoms with Crippen LogP contribution < -0.4 is 5.32 Å². The summed E-state index contributed by atoms with van der Waals surface area (Å²) in [7, 11) is 0. The standard InChI is InChI=1S/C10H10ClN3OS/c11-9-10(14-16-13-9)12-8(6-15)7-4-2-1-3-5-7/h1-5,8,15H,6H2,(H,12,14). The van der Waals surface area contributed by atoms with Crippen LogP contribution in [0.3, 0.4) is 0 Å². The van der Waals surface area contributed by atoms with Crippen LogP contribution in [0.5, 0.6) is 0 Å². The Bertz CT molecular complexity index is 448. The Balaban J connectivity index is 2.16. The molecule has 16 heavy (non-hydrogen) atoms. The molecule has 0 aliphatic rings. The minimum Gasteiger partial charge on any atom is -0.394 e. The van der Waals surface area contributed by atoms with Crippen molar-refractivity contribution in [3.8, 4) is 0 Å². The molecule has 2 aromatic rings. The van der Waals surface area contributed by atoms with Crippen LogP contribution in [-0.2, 0) is 0 Å². The van der Waals surface area contributed by atoms with E-state index >= 15 is 0 Å². The fraction of sp³-hybridized carbons (Fsp3) is 0.200. The van der Waals surface area contributed by atoms with Crippen molar-refractivity contribution in [2.24, 2.45) is 0 Å². The van der Waals surface area contributed by atoms with Gasteiger partial charge in [-0.1, -0.05) is 41.9 Å². The Hall–Kier alpha value is -1.17. The van der Waals surface area contributed by atoms with Gasteiger partial charge in [0.25, 0.3) is 0 Å². The Kier molecular flexibility index (Phi) is 3.71. The zero-order chi connectivity index (χ0) is 11.4. The molecule has 0 saturated carbocycles. The van der Waals surface area contributed by atoms with Crippen LogP contribution in [-0.4, -0.2) is 20.5 Å². The molecule has 1 aromatic carbocycles.